The van der Waals surface area contributed by atoms with Crippen molar-refractivity contribution >= 4 is 12.0 Å². The minimum Gasteiger partial charge on any atom is -0.481 e. The van der Waals surface area contributed by atoms with E-state index < -0.39 is 5.97 Å². The van der Waals surface area contributed by atoms with Crippen molar-refractivity contribution < 1.29 is 14.7 Å². The van der Waals surface area contributed by atoms with Crippen molar-refractivity contribution in [3.8, 4) is 0 Å². The maximum atomic E-state index is 11.8. The molecule has 2 N–H and O–H groups in total. The van der Waals surface area contributed by atoms with Gasteiger partial charge in [-0.25, -0.2) is 4.79 Å². The summed E-state index contributed by atoms with van der Waals surface area (Å²) in [4.78, 5) is 23.9. The minimum absolute atomic E-state index is 0.0621. The Morgan fingerprint density at radius 1 is 1.28 bits per heavy atom. The Bertz CT molecular complexity index is 299. The van der Waals surface area contributed by atoms with Crippen LogP contribution in [0.2, 0.25) is 0 Å². The zero-order valence-electron chi connectivity index (χ0n) is 11.5. The second kappa shape index (κ2) is 6.61. The van der Waals surface area contributed by atoms with Crippen LogP contribution in [-0.4, -0.2) is 41.1 Å². The third kappa shape index (κ3) is 4.94. The molecule has 2 amide bonds. The molecule has 1 fully saturated rings. The van der Waals surface area contributed by atoms with Crippen molar-refractivity contribution in [3.05, 3.63) is 0 Å². The Labute approximate surface area is 109 Å². The largest absolute Gasteiger partial charge is 0.481 e. The fourth-order valence-electron chi connectivity index (χ4n) is 2.07. The number of amides is 2. The number of rotatable bonds is 6. The molecule has 104 valence electrons. The van der Waals surface area contributed by atoms with Gasteiger partial charge in [0, 0.05) is 25.0 Å². The summed E-state index contributed by atoms with van der Waals surface area (Å²) in [6.45, 7) is 7.47. The zero-order chi connectivity index (χ0) is 13.7. The van der Waals surface area contributed by atoms with Gasteiger partial charge in [0.05, 0.1) is 6.42 Å². The molecule has 1 rings (SSSR count). The molecule has 0 aliphatic carbocycles. The van der Waals surface area contributed by atoms with Gasteiger partial charge in [0.15, 0.2) is 0 Å². The molecule has 0 aromatic carbocycles. The lowest BCUT2D eigenvalue weighted by molar-refractivity contribution is -0.139. The average molecular weight is 256 g/mol. The zero-order valence-corrected chi connectivity index (χ0v) is 11.5. The van der Waals surface area contributed by atoms with Crippen LogP contribution in [0.4, 0.5) is 4.79 Å². The van der Waals surface area contributed by atoms with E-state index in [1.165, 1.54) is 0 Å². The van der Waals surface area contributed by atoms with Crippen LogP contribution in [0.5, 0.6) is 0 Å². The third-order valence-corrected chi connectivity index (χ3v) is 3.25. The van der Waals surface area contributed by atoms with Gasteiger partial charge in [0.25, 0.3) is 0 Å². The Morgan fingerprint density at radius 3 is 2.39 bits per heavy atom. The number of aliphatic carboxylic acids is 1. The Hall–Kier alpha value is -1.26. The average Bonchev–Trinajstić information content (AvgIpc) is 2.19. The van der Waals surface area contributed by atoms with Crippen LogP contribution in [0.25, 0.3) is 0 Å². The molecule has 0 spiro atoms. The van der Waals surface area contributed by atoms with Crippen LogP contribution in [0.15, 0.2) is 0 Å². The Kier molecular flexibility index (Phi) is 5.44. The predicted molar refractivity (Wildman–Crippen MR) is 69.4 cm³/mol. The summed E-state index contributed by atoms with van der Waals surface area (Å²) in [6.07, 6.45) is 2.24. The van der Waals surface area contributed by atoms with Crippen LogP contribution >= 0.6 is 0 Å². The number of nitrogens with one attached hydrogen (secondary N) is 1. The van der Waals surface area contributed by atoms with E-state index in [0.717, 1.165) is 12.8 Å². The van der Waals surface area contributed by atoms with Crippen molar-refractivity contribution in [2.24, 2.45) is 11.8 Å². The number of nitrogens with zero attached hydrogens (tertiary/aromatic N) is 1. The third-order valence-electron chi connectivity index (χ3n) is 3.25. The Morgan fingerprint density at radius 2 is 1.89 bits per heavy atom. The summed E-state index contributed by atoms with van der Waals surface area (Å²) in [5, 5.41) is 11.6. The molecule has 1 saturated heterocycles. The number of carboxylic acid groups (broad SMARTS) is 1. The van der Waals surface area contributed by atoms with Crippen LogP contribution in [0, 0.1) is 11.8 Å². The highest BCUT2D eigenvalue weighted by molar-refractivity contribution is 5.76. The normalized spacial score (nSPS) is 17.4. The van der Waals surface area contributed by atoms with Crippen molar-refractivity contribution in [1.29, 1.82) is 0 Å². The highest BCUT2D eigenvalue weighted by Crippen LogP contribution is 2.19. The second-order valence-electron chi connectivity index (χ2n) is 5.69. The number of carbonyl (C=O) groups excluding carboxylic acids is 1. The molecule has 0 saturated carbocycles. The van der Waals surface area contributed by atoms with Gasteiger partial charge in [0.1, 0.15) is 0 Å². The van der Waals surface area contributed by atoms with Crippen LogP contribution < -0.4 is 5.32 Å². The maximum Gasteiger partial charge on any atom is 0.317 e. The first kappa shape index (κ1) is 14.8. The fourth-order valence-corrected chi connectivity index (χ4v) is 2.07. The first-order valence-corrected chi connectivity index (χ1v) is 6.65. The molecule has 1 heterocycles. The molecule has 0 radical (unpaired) electrons. The van der Waals surface area contributed by atoms with Gasteiger partial charge in [-0.15, -0.1) is 0 Å². The molecule has 0 aromatic rings. The van der Waals surface area contributed by atoms with E-state index >= 15 is 0 Å². The standard InChI is InChI=1S/C13H24N2O3/c1-9(2)4-5-10(3)14-13(18)15-7-11(8-15)6-12(16)17/h9-11H,4-8H2,1-3H3,(H,14,18)(H,16,17). The van der Waals surface area contributed by atoms with Gasteiger partial charge in [-0.2, -0.15) is 0 Å². The van der Waals surface area contributed by atoms with E-state index in [1.807, 2.05) is 6.92 Å². The van der Waals surface area contributed by atoms with Crippen molar-refractivity contribution in [3.63, 3.8) is 0 Å². The highest BCUT2D eigenvalue weighted by atomic mass is 16.4. The monoisotopic (exact) mass is 256 g/mol. The van der Waals surface area contributed by atoms with Crippen molar-refractivity contribution in [1.82, 2.24) is 10.2 Å². The molecular weight excluding hydrogens is 232 g/mol. The molecule has 5 nitrogen and oxygen atoms in total. The molecule has 1 unspecified atom stereocenters. The van der Waals surface area contributed by atoms with E-state index in [4.69, 9.17) is 5.11 Å². The van der Waals surface area contributed by atoms with E-state index in [9.17, 15) is 9.59 Å². The van der Waals surface area contributed by atoms with E-state index in [1.54, 1.807) is 4.90 Å². The van der Waals surface area contributed by atoms with Gasteiger partial charge in [-0.3, -0.25) is 4.79 Å². The summed E-state index contributed by atoms with van der Waals surface area (Å²) in [5.74, 6) is -0.0158. The van der Waals surface area contributed by atoms with E-state index in [2.05, 4.69) is 19.2 Å². The summed E-state index contributed by atoms with van der Waals surface area (Å²) in [5.41, 5.74) is 0. The van der Waals surface area contributed by atoms with Gasteiger partial charge < -0.3 is 15.3 Å². The molecule has 1 aliphatic heterocycles. The van der Waals surface area contributed by atoms with Crippen molar-refractivity contribution in [2.75, 3.05) is 13.1 Å². The molecule has 0 aromatic heterocycles. The number of carboxylic acids is 1. The first-order valence-electron chi connectivity index (χ1n) is 6.65. The smallest absolute Gasteiger partial charge is 0.317 e. The topological polar surface area (TPSA) is 69.6 Å². The summed E-state index contributed by atoms with van der Waals surface area (Å²) in [6, 6.07) is 0.117. The molecule has 5 heteroatoms. The van der Waals surface area contributed by atoms with Crippen LogP contribution in [0.1, 0.15) is 40.0 Å². The van der Waals surface area contributed by atoms with Crippen LogP contribution in [0.3, 0.4) is 0 Å². The SMILES string of the molecule is CC(C)CCC(C)NC(=O)N1CC(CC(=O)O)C1. The molecule has 0 bridgehead atoms. The predicted octanol–water partition coefficient (Wildman–Crippen LogP) is 1.93. The fraction of sp³-hybridized carbons (Fsp3) is 0.846. The molecular formula is C13H24N2O3. The number of likely N-dealkylation sites (tertiary alicyclic amines) is 1. The lowest BCUT2D eigenvalue weighted by Crippen LogP contribution is -2.55. The van der Waals surface area contributed by atoms with Gasteiger partial charge in [-0.05, 0) is 25.7 Å². The van der Waals surface area contributed by atoms with Crippen LogP contribution in [-0.2, 0) is 4.79 Å². The lowest BCUT2D eigenvalue weighted by atomic mass is 9.97. The molecule has 18 heavy (non-hydrogen) atoms. The van der Waals surface area contributed by atoms with Gasteiger partial charge in [-0.1, -0.05) is 13.8 Å². The maximum absolute atomic E-state index is 11.8. The number of urea groups is 1. The van der Waals surface area contributed by atoms with Crippen molar-refractivity contribution in [2.45, 2.75) is 46.1 Å². The number of hydrogen-bond acceptors (Lipinski definition) is 2. The number of hydrogen-bond donors (Lipinski definition) is 2. The van der Waals surface area contributed by atoms with Gasteiger partial charge >= 0.3 is 12.0 Å². The molecule has 1 aliphatic rings. The summed E-state index contributed by atoms with van der Waals surface area (Å²) < 4.78 is 0. The van der Waals surface area contributed by atoms with E-state index in [-0.39, 0.29) is 24.4 Å². The minimum atomic E-state index is -0.787. The lowest BCUT2D eigenvalue weighted by Gasteiger charge is -2.39. The first-order chi connectivity index (χ1) is 8.38. The number of carbonyl (C=O) groups is 2. The Balaban J connectivity index is 2.17. The van der Waals surface area contributed by atoms with E-state index in [0.29, 0.717) is 19.0 Å². The highest BCUT2D eigenvalue weighted by Gasteiger charge is 2.32. The summed E-state index contributed by atoms with van der Waals surface area (Å²) in [7, 11) is 0. The van der Waals surface area contributed by atoms with Gasteiger partial charge in [0.2, 0.25) is 0 Å². The summed E-state index contributed by atoms with van der Waals surface area (Å²) >= 11 is 0. The molecule has 1 atom stereocenters. The quantitative estimate of drug-likeness (QED) is 0.763. The second-order valence-corrected chi connectivity index (χ2v) is 5.69.